The molecule has 1 saturated carbocycles. The van der Waals surface area contributed by atoms with Crippen molar-refractivity contribution in [2.24, 2.45) is 5.73 Å². The van der Waals surface area contributed by atoms with E-state index in [1.165, 1.54) is 24.4 Å². The van der Waals surface area contributed by atoms with Gasteiger partial charge < -0.3 is 25.6 Å². The zero-order valence-corrected chi connectivity index (χ0v) is 18.4. The van der Waals surface area contributed by atoms with Gasteiger partial charge >= 0.3 is 0 Å². The van der Waals surface area contributed by atoms with Gasteiger partial charge in [0.1, 0.15) is 17.9 Å². The van der Waals surface area contributed by atoms with Crippen LogP contribution in [0.5, 0.6) is 5.75 Å². The molecule has 33 heavy (non-hydrogen) atoms. The van der Waals surface area contributed by atoms with E-state index in [2.05, 4.69) is 10.3 Å². The number of anilines is 1. The Balaban J connectivity index is 0.000000194. The summed E-state index contributed by atoms with van der Waals surface area (Å²) in [4.78, 5) is 27.0. The summed E-state index contributed by atoms with van der Waals surface area (Å²) in [5.41, 5.74) is 6.60. The molecule has 1 aliphatic heterocycles. The van der Waals surface area contributed by atoms with Gasteiger partial charge in [0.05, 0.1) is 12.2 Å². The largest absolute Gasteiger partial charge is 0.487 e. The summed E-state index contributed by atoms with van der Waals surface area (Å²) in [7, 11) is 0. The lowest BCUT2D eigenvalue weighted by atomic mass is 9.92. The van der Waals surface area contributed by atoms with E-state index in [-0.39, 0.29) is 35.7 Å². The molecule has 1 saturated heterocycles. The molecule has 0 radical (unpaired) electrons. The third-order valence-corrected chi connectivity index (χ3v) is 5.42. The fraction of sp³-hybridized carbons (Fsp3) is 0.435. The van der Waals surface area contributed by atoms with Crippen LogP contribution in [-0.4, -0.2) is 46.3 Å². The Bertz CT molecular complexity index is 1010. The first-order chi connectivity index (χ1) is 15.6. The monoisotopic (exact) mass is 463 g/mol. The van der Waals surface area contributed by atoms with Crippen LogP contribution < -0.4 is 15.8 Å². The van der Waals surface area contributed by atoms with Gasteiger partial charge in [-0.15, -0.1) is 0 Å². The third-order valence-electron chi connectivity index (χ3n) is 5.42. The van der Waals surface area contributed by atoms with Gasteiger partial charge in [0.15, 0.2) is 11.6 Å². The second-order valence-corrected chi connectivity index (χ2v) is 8.17. The maximum Gasteiger partial charge on any atom is 0.267 e. The van der Waals surface area contributed by atoms with Gasteiger partial charge in [-0.1, -0.05) is 6.07 Å². The smallest absolute Gasteiger partial charge is 0.267 e. The van der Waals surface area contributed by atoms with E-state index in [0.29, 0.717) is 24.9 Å². The van der Waals surface area contributed by atoms with Crippen LogP contribution >= 0.6 is 0 Å². The van der Waals surface area contributed by atoms with Gasteiger partial charge in [0, 0.05) is 24.7 Å². The first-order valence-corrected chi connectivity index (χ1v) is 10.7. The van der Waals surface area contributed by atoms with Crippen molar-refractivity contribution in [2.75, 3.05) is 5.32 Å². The van der Waals surface area contributed by atoms with Crippen LogP contribution in [0.2, 0.25) is 0 Å². The molecular weight excluding hydrogens is 436 g/mol. The Morgan fingerprint density at radius 1 is 1.27 bits per heavy atom. The lowest BCUT2D eigenvalue weighted by Crippen LogP contribution is -2.37. The molecule has 4 N–H and O–H groups in total. The number of aromatic nitrogens is 1. The highest BCUT2D eigenvalue weighted by Gasteiger charge is 2.30. The van der Waals surface area contributed by atoms with Crippen LogP contribution in [0.25, 0.3) is 0 Å². The number of carbonyl (C=O) groups excluding carboxylic acids is 2. The number of hydrogen-bond donors (Lipinski definition) is 3. The van der Waals surface area contributed by atoms with Gasteiger partial charge in [-0.05, 0) is 50.5 Å². The van der Waals surface area contributed by atoms with Crippen molar-refractivity contribution >= 4 is 17.5 Å². The molecule has 2 aliphatic rings. The normalized spacial score (nSPS) is 23.7. The second-order valence-electron chi connectivity index (χ2n) is 8.17. The summed E-state index contributed by atoms with van der Waals surface area (Å²) < 4.78 is 36.4. The average Bonchev–Trinajstić information content (AvgIpc) is 3.18. The molecule has 2 unspecified atom stereocenters. The number of rotatable bonds is 5. The third kappa shape index (κ3) is 6.45. The summed E-state index contributed by atoms with van der Waals surface area (Å²) in [6.07, 6.45) is 3.17. The number of amides is 2. The lowest BCUT2D eigenvalue weighted by Gasteiger charge is -2.31. The van der Waals surface area contributed by atoms with E-state index < -0.39 is 23.6 Å². The number of carbonyl (C=O) groups is 2. The molecule has 4 rings (SSSR count). The Morgan fingerprint density at radius 2 is 2.00 bits per heavy atom. The molecule has 0 bridgehead atoms. The number of nitrogens with zero attached hydrogens (tertiary/aromatic N) is 1. The number of aryl methyl sites for hydroxylation is 1. The average molecular weight is 463 g/mol. The number of primary amides is 1. The molecule has 2 heterocycles. The predicted octanol–water partition coefficient (Wildman–Crippen LogP) is 2.86. The Labute approximate surface area is 190 Å². The minimum absolute atomic E-state index is 0.0816. The quantitative estimate of drug-likeness (QED) is 0.627. The van der Waals surface area contributed by atoms with Crippen molar-refractivity contribution in [3.63, 3.8) is 0 Å². The van der Waals surface area contributed by atoms with Gasteiger partial charge in [-0.2, -0.15) is 4.39 Å². The van der Waals surface area contributed by atoms with Crippen molar-refractivity contribution in [2.45, 2.75) is 63.9 Å². The predicted molar refractivity (Wildman–Crippen MR) is 116 cm³/mol. The SMILES string of the molecule is Cc1cnc(C(N)=O)cc1NC(=O)C1CCC(C)O1.OC1CC(Oc2cccc(F)c2F)C1. The van der Waals surface area contributed by atoms with Crippen molar-refractivity contribution in [3.8, 4) is 5.75 Å². The maximum absolute atomic E-state index is 13.1. The van der Waals surface area contributed by atoms with E-state index in [9.17, 15) is 18.4 Å². The van der Waals surface area contributed by atoms with Gasteiger partial charge in [0.2, 0.25) is 5.82 Å². The lowest BCUT2D eigenvalue weighted by molar-refractivity contribution is -0.126. The maximum atomic E-state index is 13.1. The number of nitrogens with one attached hydrogen (secondary N) is 1. The molecule has 178 valence electrons. The number of hydrogen-bond acceptors (Lipinski definition) is 6. The van der Waals surface area contributed by atoms with Crippen LogP contribution in [-0.2, 0) is 9.53 Å². The van der Waals surface area contributed by atoms with E-state index in [1.54, 1.807) is 6.92 Å². The molecule has 10 heteroatoms. The Hall–Kier alpha value is -3.11. The first kappa shape index (κ1) is 24.5. The molecule has 2 fully saturated rings. The van der Waals surface area contributed by atoms with Crippen LogP contribution in [0.15, 0.2) is 30.5 Å². The van der Waals surface area contributed by atoms with Gasteiger partial charge in [-0.3, -0.25) is 14.6 Å². The minimum Gasteiger partial charge on any atom is -0.487 e. The molecule has 1 aliphatic carbocycles. The highest BCUT2D eigenvalue weighted by Crippen LogP contribution is 2.28. The number of aliphatic hydroxyl groups is 1. The summed E-state index contributed by atoms with van der Waals surface area (Å²) in [5, 5.41) is 11.7. The van der Waals surface area contributed by atoms with Crippen molar-refractivity contribution in [1.29, 1.82) is 0 Å². The fourth-order valence-corrected chi connectivity index (χ4v) is 3.39. The molecule has 2 atom stereocenters. The zero-order valence-electron chi connectivity index (χ0n) is 18.4. The van der Waals surface area contributed by atoms with Crippen LogP contribution in [0.1, 0.15) is 48.7 Å². The summed E-state index contributed by atoms with van der Waals surface area (Å²) >= 11 is 0. The van der Waals surface area contributed by atoms with E-state index >= 15 is 0 Å². The molecule has 0 spiro atoms. The number of nitrogens with two attached hydrogens (primary N) is 1. The Kier molecular flexibility index (Phi) is 7.93. The molecular formula is C23H27F2N3O5. The summed E-state index contributed by atoms with van der Waals surface area (Å²) in [5.74, 6) is -2.78. The van der Waals surface area contributed by atoms with Gasteiger partial charge in [0.25, 0.3) is 11.8 Å². The number of halogens is 2. The highest BCUT2D eigenvalue weighted by molar-refractivity contribution is 5.97. The standard InChI is InChI=1S/C13H17N3O3.C10H10F2O2/c1-7-6-15-10(12(14)17)5-9(7)16-13(18)11-4-3-8(2)19-11;11-8-2-1-3-9(10(8)12)14-7-4-6(13)5-7/h5-6,8,11H,3-4H2,1-2H3,(H2,14,17)(H,15,16,18);1-3,6-7,13H,4-5H2. The van der Waals surface area contributed by atoms with Crippen LogP contribution in [0.4, 0.5) is 14.5 Å². The van der Waals surface area contributed by atoms with Crippen molar-refractivity contribution < 1.29 is 33.0 Å². The van der Waals surface area contributed by atoms with E-state index in [0.717, 1.165) is 18.1 Å². The summed E-state index contributed by atoms with van der Waals surface area (Å²) in [6.45, 7) is 3.74. The minimum atomic E-state index is -0.964. The number of aliphatic hydroxyl groups excluding tert-OH is 1. The van der Waals surface area contributed by atoms with E-state index in [4.69, 9.17) is 20.3 Å². The first-order valence-electron chi connectivity index (χ1n) is 10.7. The Morgan fingerprint density at radius 3 is 2.61 bits per heavy atom. The topological polar surface area (TPSA) is 124 Å². The molecule has 1 aromatic heterocycles. The number of ether oxygens (including phenoxy) is 2. The zero-order chi connectivity index (χ0) is 24.1. The van der Waals surface area contributed by atoms with Crippen LogP contribution in [0.3, 0.4) is 0 Å². The molecule has 8 nitrogen and oxygen atoms in total. The molecule has 2 amide bonds. The van der Waals surface area contributed by atoms with Crippen molar-refractivity contribution in [3.05, 3.63) is 53.4 Å². The number of benzene rings is 1. The second kappa shape index (κ2) is 10.7. The van der Waals surface area contributed by atoms with Crippen molar-refractivity contribution in [1.82, 2.24) is 4.98 Å². The van der Waals surface area contributed by atoms with E-state index in [1.807, 2.05) is 6.92 Å². The molecule has 1 aromatic carbocycles. The van der Waals surface area contributed by atoms with Crippen LogP contribution in [0, 0.1) is 18.6 Å². The highest BCUT2D eigenvalue weighted by atomic mass is 19.2. The number of pyridine rings is 1. The fourth-order valence-electron chi connectivity index (χ4n) is 3.39. The summed E-state index contributed by atoms with van der Waals surface area (Å²) in [6, 6.07) is 5.29. The van der Waals surface area contributed by atoms with Gasteiger partial charge in [-0.25, -0.2) is 4.39 Å². The molecule has 2 aromatic rings.